The van der Waals surface area contributed by atoms with E-state index in [0.29, 0.717) is 24.1 Å². The topological polar surface area (TPSA) is 79.7 Å². The van der Waals surface area contributed by atoms with Gasteiger partial charge in [-0.05, 0) is 18.9 Å². The summed E-state index contributed by atoms with van der Waals surface area (Å²) in [5.41, 5.74) is 0.916. The molecule has 1 atom stereocenters. The lowest BCUT2D eigenvalue weighted by molar-refractivity contribution is -0.145. The number of methoxy groups -OCH3 is 1. The number of hydrogen-bond donors (Lipinski definition) is 1. The van der Waals surface area contributed by atoms with Crippen molar-refractivity contribution in [3.05, 3.63) is 29.6 Å². The minimum Gasteiger partial charge on any atom is -0.467 e. The van der Waals surface area contributed by atoms with Gasteiger partial charge in [0.1, 0.15) is 12.6 Å². The summed E-state index contributed by atoms with van der Waals surface area (Å²) in [4.78, 5) is 29.6. The number of amides is 1. The van der Waals surface area contributed by atoms with Gasteiger partial charge in [-0.15, -0.1) is 0 Å². The van der Waals surface area contributed by atoms with Crippen molar-refractivity contribution in [2.45, 2.75) is 18.9 Å². The van der Waals surface area contributed by atoms with Gasteiger partial charge < -0.3 is 14.7 Å². The number of pyridine rings is 1. The zero-order chi connectivity index (χ0) is 15.2. The number of aliphatic hydroxyl groups excluding tert-OH is 1. The van der Waals surface area contributed by atoms with E-state index in [-0.39, 0.29) is 12.5 Å². The van der Waals surface area contributed by atoms with Crippen molar-refractivity contribution < 1.29 is 19.4 Å². The van der Waals surface area contributed by atoms with E-state index >= 15 is 0 Å². The second-order valence-corrected chi connectivity index (χ2v) is 4.60. The molecular weight excluding hydrogens is 272 g/mol. The normalized spacial score (nSPS) is 17.0. The average Bonchev–Trinajstić information content (AvgIpc) is 3.01. The van der Waals surface area contributed by atoms with Gasteiger partial charge in [-0.2, -0.15) is 0 Å². The third-order valence-electron chi connectivity index (χ3n) is 3.28. The third kappa shape index (κ3) is 3.38. The van der Waals surface area contributed by atoms with Crippen LogP contribution >= 0.6 is 0 Å². The summed E-state index contributed by atoms with van der Waals surface area (Å²) in [6, 6.07) is 1.07. The quantitative estimate of drug-likeness (QED) is 0.621. The molecule has 1 aliphatic heterocycles. The van der Waals surface area contributed by atoms with E-state index in [1.807, 2.05) is 0 Å². The lowest BCUT2D eigenvalue weighted by atomic mass is 10.1. The van der Waals surface area contributed by atoms with Crippen LogP contribution in [0.25, 0.3) is 0 Å². The first-order valence-corrected chi connectivity index (χ1v) is 6.61. The number of nitrogens with zero attached hydrogens (tertiary/aromatic N) is 2. The minimum atomic E-state index is -0.533. The lowest BCUT2D eigenvalue weighted by Gasteiger charge is -2.22. The molecule has 2 rings (SSSR count). The van der Waals surface area contributed by atoms with Crippen LogP contribution in [0.5, 0.6) is 0 Å². The molecular formula is C15H16N2O4. The highest BCUT2D eigenvalue weighted by molar-refractivity contribution is 5.97. The predicted octanol–water partition coefficient (Wildman–Crippen LogP) is 0.203. The molecule has 1 aliphatic rings. The SMILES string of the molecule is COC(=O)C1CCCN1C(=O)c1cncc(C#CCO)c1. The molecule has 1 fully saturated rings. The van der Waals surface area contributed by atoms with Gasteiger partial charge in [-0.1, -0.05) is 11.8 Å². The number of esters is 1. The Labute approximate surface area is 122 Å². The fourth-order valence-electron chi connectivity index (χ4n) is 2.32. The molecule has 1 amide bonds. The number of likely N-dealkylation sites (tertiary alicyclic amines) is 1. The van der Waals surface area contributed by atoms with Gasteiger partial charge >= 0.3 is 5.97 Å². The first kappa shape index (κ1) is 15.0. The Balaban J connectivity index is 2.21. The van der Waals surface area contributed by atoms with Crippen LogP contribution in [-0.4, -0.2) is 53.2 Å². The molecule has 1 saturated heterocycles. The van der Waals surface area contributed by atoms with Gasteiger partial charge in [-0.3, -0.25) is 9.78 Å². The molecule has 6 nitrogen and oxygen atoms in total. The van der Waals surface area contributed by atoms with Crippen molar-refractivity contribution >= 4 is 11.9 Å². The maximum atomic E-state index is 12.5. The first-order chi connectivity index (χ1) is 10.2. The molecule has 21 heavy (non-hydrogen) atoms. The summed E-state index contributed by atoms with van der Waals surface area (Å²) in [6.45, 7) is 0.264. The molecule has 0 aromatic carbocycles. The van der Waals surface area contributed by atoms with Crippen LogP contribution in [0.3, 0.4) is 0 Å². The fraction of sp³-hybridized carbons (Fsp3) is 0.400. The number of rotatable bonds is 2. The highest BCUT2D eigenvalue weighted by Crippen LogP contribution is 2.21. The van der Waals surface area contributed by atoms with E-state index in [2.05, 4.69) is 16.8 Å². The molecule has 1 unspecified atom stereocenters. The van der Waals surface area contributed by atoms with E-state index in [9.17, 15) is 9.59 Å². The molecule has 1 aromatic heterocycles. The second-order valence-electron chi connectivity index (χ2n) is 4.60. The van der Waals surface area contributed by atoms with Gasteiger partial charge in [0, 0.05) is 24.5 Å². The molecule has 0 saturated carbocycles. The van der Waals surface area contributed by atoms with Crippen molar-refractivity contribution in [1.82, 2.24) is 9.88 Å². The maximum Gasteiger partial charge on any atom is 0.328 e. The molecule has 0 radical (unpaired) electrons. The van der Waals surface area contributed by atoms with Crippen LogP contribution < -0.4 is 0 Å². The van der Waals surface area contributed by atoms with E-state index in [1.165, 1.54) is 24.4 Å². The lowest BCUT2D eigenvalue weighted by Crippen LogP contribution is -2.41. The van der Waals surface area contributed by atoms with Crippen LogP contribution in [0.2, 0.25) is 0 Å². The summed E-state index contributed by atoms with van der Waals surface area (Å²) in [5.74, 6) is 4.54. The third-order valence-corrected chi connectivity index (χ3v) is 3.28. The van der Waals surface area contributed by atoms with Crippen molar-refractivity contribution in [3.8, 4) is 11.8 Å². The highest BCUT2D eigenvalue weighted by Gasteiger charge is 2.35. The van der Waals surface area contributed by atoms with Crippen molar-refractivity contribution in [2.75, 3.05) is 20.3 Å². The smallest absolute Gasteiger partial charge is 0.328 e. The Hall–Kier alpha value is -2.39. The molecule has 6 heteroatoms. The Morgan fingerprint density at radius 3 is 3.05 bits per heavy atom. The van der Waals surface area contributed by atoms with E-state index in [0.717, 1.165) is 6.42 Å². The number of carbonyl (C=O) groups is 2. The van der Waals surface area contributed by atoms with Crippen molar-refractivity contribution in [3.63, 3.8) is 0 Å². The molecule has 110 valence electrons. The van der Waals surface area contributed by atoms with Crippen LogP contribution in [0, 0.1) is 11.8 Å². The fourth-order valence-corrected chi connectivity index (χ4v) is 2.32. The number of carbonyl (C=O) groups excluding carboxylic acids is 2. The number of hydrogen-bond acceptors (Lipinski definition) is 5. The van der Waals surface area contributed by atoms with Gasteiger partial charge in [0.2, 0.25) is 0 Å². The van der Waals surface area contributed by atoms with Crippen LogP contribution in [-0.2, 0) is 9.53 Å². The Bertz CT molecular complexity index is 603. The zero-order valence-corrected chi connectivity index (χ0v) is 11.7. The van der Waals surface area contributed by atoms with Gasteiger partial charge in [0.05, 0.1) is 12.7 Å². The number of ether oxygens (including phenoxy) is 1. The maximum absolute atomic E-state index is 12.5. The monoisotopic (exact) mass is 288 g/mol. The molecule has 0 bridgehead atoms. The zero-order valence-electron chi connectivity index (χ0n) is 11.7. The number of aromatic nitrogens is 1. The van der Waals surface area contributed by atoms with Gasteiger partial charge in [0.25, 0.3) is 5.91 Å². The summed E-state index contributed by atoms with van der Waals surface area (Å²) in [5, 5.41) is 8.68. The van der Waals surface area contributed by atoms with Gasteiger partial charge in [-0.25, -0.2) is 4.79 Å². The number of aliphatic hydroxyl groups is 1. The molecule has 0 aliphatic carbocycles. The summed E-state index contributed by atoms with van der Waals surface area (Å²) in [7, 11) is 1.32. The van der Waals surface area contributed by atoms with Crippen LogP contribution in [0.15, 0.2) is 18.5 Å². The standard InChI is InChI=1S/C15H16N2O4/c1-21-15(20)13-5-2-6-17(13)14(19)12-8-11(4-3-7-18)9-16-10-12/h8-10,13,18H,2,5-7H2,1H3. The molecule has 1 aromatic rings. The minimum absolute atomic E-state index is 0.255. The van der Waals surface area contributed by atoms with E-state index in [4.69, 9.17) is 9.84 Å². The molecule has 2 heterocycles. The largest absolute Gasteiger partial charge is 0.467 e. The van der Waals surface area contributed by atoms with Gasteiger partial charge in [0.15, 0.2) is 0 Å². The summed E-state index contributed by atoms with van der Waals surface area (Å²) >= 11 is 0. The first-order valence-electron chi connectivity index (χ1n) is 6.61. The van der Waals surface area contributed by atoms with Crippen molar-refractivity contribution in [1.29, 1.82) is 0 Å². The summed E-state index contributed by atoms with van der Waals surface area (Å²) in [6.07, 6.45) is 4.33. The molecule has 0 spiro atoms. The Kier molecular flexibility index (Phi) is 4.90. The summed E-state index contributed by atoms with van der Waals surface area (Å²) < 4.78 is 4.73. The van der Waals surface area contributed by atoms with E-state index in [1.54, 1.807) is 6.07 Å². The van der Waals surface area contributed by atoms with Crippen LogP contribution in [0.4, 0.5) is 0 Å². The highest BCUT2D eigenvalue weighted by atomic mass is 16.5. The second kappa shape index (κ2) is 6.86. The Morgan fingerprint density at radius 2 is 2.33 bits per heavy atom. The van der Waals surface area contributed by atoms with Crippen LogP contribution in [0.1, 0.15) is 28.8 Å². The molecule has 1 N–H and O–H groups in total. The van der Waals surface area contributed by atoms with Crippen molar-refractivity contribution in [2.24, 2.45) is 0 Å². The average molecular weight is 288 g/mol. The predicted molar refractivity (Wildman–Crippen MR) is 74.3 cm³/mol. The Morgan fingerprint density at radius 1 is 1.52 bits per heavy atom. The van der Waals surface area contributed by atoms with E-state index < -0.39 is 12.0 Å².